The molecule has 0 atom stereocenters. The first-order chi connectivity index (χ1) is 9.47. The number of hydrogen-bond donors (Lipinski definition) is 1. The Morgan fingerprint density at radius 3 is 2.75 bits per heavy atom. The number of hydrogen-bond acceptors (Lipinski definition) is 4. The Balaban J connectivity index is 2.30. The number of rotatable bonds is 3. The normalized spacial score (nSPS) is 10.1. The number of nitro groups is 1. The highest BCUT2D eigenvalue weighted by Gasteiger charge is 2.16. The van der Waals surface area contributed by atoms with Gasteiger partial charge in [0, 0.05) is 17.8 Å². The Morgan fingerprint density at radius 2 is 2.10 bits per heavy atom. The minimum atomic E-state index is -0.523. The Kier molecular flexibility index (Phi) is 4.09. The second-order valence-corrected chi connectivity index (χ2v) is 4.91. The maximum Gasteiger partial charge on any atom is 0.293 e. The molecule has 20 heavy (non-hydrogen) atoms. The average Bonchev–Trinajstić information content (AvgIpc) is 2.40. The van der Waals surface area contributed by atoms with E-state index in [-0.39, 0.29) is 11.4 Å². The molecule has 0 bridgehead atoms. The number of carbonyl (C=O) groups excluding carboxylic acids is 1. The molecule has 1 N–H and O–H groups in total. The fourth-order valence-corrected chi connectivity index (χ4v) is 2.00. The number of aryl methyl sites for hydroxylation is 1. The molecule has 1 amide bonds. The van der Waals surface area contributed by atoms with Crippen LogP contribution < -0.4 is 5.32 Å². The van der Waals surface area contributed by atoms with E-state index in [1.165, 1.54) is 30.5 Å². The van der Waals surface area contributed by atoms with E-state index in [1.807, 2.05) is 0 Å². The summed E-state index contributed by atoms with van der Waals surface area (Å²) in [5.74, 6) is -0.431. The number of aromatic nitrogens is 1. The molecule has 0 saturated heterocycles. The number of amides is 1. The Hall–Kier alpha value is -2.28. The molecule has 1 aromatic carbocycles. The lowest BCUT2D eigenvalue weighted by molar-refractivity contribution is -0.384. The van der Waals surface area contributed by atoms with Crippen molar-refractivity contribution in [3.8, 4) is 0 Å². The van der Waals surface area contributed by atoms with Gasteiger partial charge in [0.2, 0.25) is 0 Å². The molecule has 0 saturated carbocycles. The number of nitrogens with zero attached hydrogens (tertiary/aromatic N) is 2. The first-order valence-corrected chi connectivity index (χ1v) is 6.44. The predicted molar refractivity (Wildman–Crippen MR) is 77.7 cm³/mol. The van der Waals surface area contributed by atoms with Crippen molar-refractivity contribution in [2.45, 2.75) is 6.92 Å². The first-order valence-electron chi connectivity index (χ1n) is 5.65. The highest BCUT2D eigenvalue weighted by molar-refractivity contribution is 9.10. The van der Waals surface area contributed by atoms with Crippen molar-refractivity contribution in [2.24, 2.45) is 0 Å². The standard InChI is InChI=1S/C13H10BrN3O3/c1-8-2-3-10(11(6-8)17(19)20)16-13(18)9-4-5-15-12(14)7-9/h2-7H,1H3,(H,16,18). The monoisotopic (exact) mass is 335 g/mol. The lowest BCUT2D eigenvalue weighted by Gasteiger charge is -2.06. The maximum absolute atomic E-state index is 12.0. The molecule has 0 radical (unpaired) electrons. The van der Waals surface area contributed by atoms with Crippen LogP contribution in [0.1, 0.15) is 15.9 Å². The third kappa shape index (κ3) is 3.18. The van der Waals surface area contributed by atoms with Crippen molar-refractivity contribution in [1.82, 2.24) is 4.98 Å². The van der Waals surface area contributed by atoms with E-state index in [4.69, 9.17) is 0 Å². The summed E-state index contributed by atoms with van der Waals surface area (Å²) < 4.78 is 0.517. The van der Waals surface area contributed by atoms with E-state index in [0.29, 0.717) is 10.2 Å². The molecule has 2 aromatic rings. The van der Waals surface area contributed by atoms with Crippen molar-refractivity contribution >= 4 is 33.2 Å². The molecule has 0 aliphatic heterocycles. The molecule has 0 aliphatic rings. The molecule has 0 spiro atoms. The Labute approximate surface area is 123 Å². The van der Waals surface area contributed by atoms with Crippen molar-refractivity contribution < 1.29 is 9.72 Å². The average molecular weight is 336 g/mol. The zero-order chi connectivity index (χ0) is 14.7. The molecule has 1 aromatic heterocycles. The van der Waals surface area contributed by atoms with Gasteiger partial charge in [0.1, 0.15) is 10.3 Å². The molecule has 1 heterocycles. The van der Waals surface area contributed by atoms with Crippen molar-refractivity contribution in [3.63, 3.8) is 0 Å². The molecular formula is C13H10BrN3O3. The van der Waals surface area contributed by atoms with Crippen LogP contribution in [0.5, 0.6) is 0 Å². The summed E-state index contributed by atoms with van der Waals surface area (Å²) in [6, 6.07) is 7.69. The second kappa shape index (κ2) is 5.79. The largest absolute Gasteiger partial charge is 0.316 e. The van der Waals surface area contributed by atoms with Crippen LogP contribution in [0.2, 0.25) is 0 Å². The van der Waals surface area contributed by atoms with Gasteiger partial charge >= 0.3 is 0 Å². The first kappa shape index (κ1) is 14.1. The van der Waals surface area contributed by atoms with Crippen LogP contribution in [-0.4, -0.2) is 15.8 Å². The lowest BCUT2D eigenvalue weighted by Crippen LogP contribution is -2.13. The molecule has 6 nitrogen and oxygen atoms in total. The van der Waals surface area contributed by atoms with Gasteiger partial charge in [0.25, 0.3) is 11.6 Å². The highest BCUT2D eigenvalue weighted by atomic mass is 79.9. The number of pyridine rings is 1. The maximum atomic E-state index is 12.0. The molecule has 2 rings (SSSR count). The summed E-state index contributed by atoms with van der Waals surface area (Å²) in [4.78, 5) is 26.4. The number of nitro benzene ring substituents is 1. The van der Waals surface area contributed by atoms with Crippen LogP contribution in [0.3, 0.4) is 0 Å². The zero-order valence-electron chi connectivity index (χ0n) is 10.5. The van der Waals surface area contributed by atoms with Crippen molar-refractivity contribution in [1.29, 1.82) is 0 Å². The number of nitrogens with one attached hydrogen (secondary N) is 1. The van der Waals surface area contributed by atoms with Crippen LogP contribution in [0.25, 0.3) is 0 Å². The van der Waals surface area contributed by atoms with Crippen LogP contribution in [0.4, 0.5) is 11.4 Å². The van der Waals surface area contributed by atoms with Gasteiger partial charge in [0.05, 0.1) is 4.92 Å². The van der Waals surface area contributed by atoms with Gasteiger partial charge in [-0.2, -0.15) is 0 Å². The van der Waals surface area contributed by atoms with Crippen LogP contribution in [0, 0.1) is 17.0 Å². The van der Waals surface area contributed by atoms with Crippen LogP contribution in [-0.2, 0) is 0 Å². The van der Waals surface area contributed by atoms with Gasteiger partial charge in [-0.3, -0.25) is 14.9 Å². The molecule has 0 fully saturated rings. The quantitative estimate of drug-likeness (QED) is 0.529. The third-order valence-corrected chi connectivity index (χ3v) is 3.02. The Morgan fingerprint density at radius 1 is 1.35 bits per heavy atom. The van der Waals surface area contributed by atoms with E-state index in [9.17, 15) is 14.9 Å². The third-order valence-electron chi connectivity index (χ3n) is 2.59. The number of halogens is 1. The molecular weight excluding hydrogens is 326 g/mol. The fourth-order valence-electron chi connectivity index (χ4n) is 1.64. The van der Waals surface area contributed by atoms with E-state index < -0.39 is 10.8 Å². The molecule has 7 heteroatoms. The van der Waals surface area contributed by atoms with Crippen molar-refractivity contribution in [3.05, 3.63) is 62.4 Å². The number of carbonyl (C=O) groups is 1. The van der Waals surface area contributed by atoms with Gasteiger partial charge in [-0.15, -0.1) is 0 Å². The van der Waals surface area contributed by atoms with E-state index in [0.717, 1.165) is 5.56 Å². The minimum Gasteiger partial charge on any atom is -0.316 e. The highest BCUT2D eigenvalue weighted by Crippen LogP contribution is 2.25. The predicted octanol–water partition coefficient (Wildman–Crippen LogP) is 3.31. The number of benzene rings is 1. The Bertz CT molecular complexity index is 688. The summed E-state index contributed by atoms with van der Waals surface area (Å²) >= 11 is 3.16. The van der Waals surface area contributed by atoms with Gasteiger partial charge in [-0.05, 0) is 46.6 Å². The summed E-state index contributed by atoms with van der Waals surface area (Å²) in [6.07, 6.45) is 1.47. The van der Waals surface area contributed by atoms with Crippen LogP contribution >= 0.6 is 15.9 Å². The minimum absolute atomic E-state index is 0.133. The van der Waals surface area contributed by atoms with Gasteiger partial charge < -0.3 is 5.32 Å². The summed E-state index contributed by atoms with van der Waals surface area (Å²) in [5, 5.41) is 13.5. The van der Waals surface area contributed by atoms with Gasteiger partial charge in [-0.25, -0.2) is 4.98 Å². The number of anilines is 1. The topological polar surface area (TPSA) is 85.1 Å². The molecule has 0 aliphatic carbocycles. The summed E-state index contributed by atoms with van der Waals surface area (Å²) in [7, 11) is 0. The van der Waals surface area contributed by atoms with Crippen LogP contribution in [0.15, 0.2) is 41.1 Å². The second-order valence-electron chi connectivity index (χ2n) is 4.10. The SMILES string of the molecule is Cc1ccc(NC(=O)c2ccnc(Br)c2)c([N+](=O)[O-])c1. The van der Waals surface area contributed by atoms with E-state index in [1.54, 1.807) is 13.0 Å². The fraction of sp³-hybridized carbons (Fsp3) is 0.0769. The van der Waals surface area contributed by atoms with E-state index >= 15 is 0 Å². The summed E-state index contributed by atoms with van der Waals surface area (Å²) in [5.41, 5.74) is 1.15. The van der Waals surface area contributed by atoms with Gasteiger partial charge in [-0.1, -0.05) is 6.07 Å². The molecule has 102 valence electrons. The smallest absolute Gasteiger partial charge is 0.293 e. The van der Waals surface area contributed by atoms with Crippen molar-refractivity contribution in [2.75, 3.05) is 5.32 Å². The summed E-state index contributed by atoms with van der Waals surface area (Å²) in [6.45, 7) is 1.75. The van der Waals surface area contributed by atoms with Gasteiger partial charge in [0.15, 0.2) is 0 Å². The zero-order valence-corrected chi connectivity index (χ0v) is 12.0. The lowest BCUT2D eigenvalue weighted by atomic mass is 10.2. The van der Waals surface area contributed by atoms with E-state index in [2.05, 4.69) is 26.2 Å². The molecule has 0 unspecified atom stereocenters.